The molecular weight excluding hydrogens is 723 g/mol. The topological polar surface area (TPSA) is 77.6 Å². The maximum Gasteiger partial charge on any atom is 0.227 e. The highest BCUT2D eigenvalue weighted by atomic mass is 16.3. The average Bonchev–Trinajstić information content (AvgIpc) is 3.76. The molecule has 0 bridgehead atoms. The van der Waals surface area contributed by atoms with Gasteiger partial charge in [-0.15, -0.1) is 0 Å². The molecule has 6 heteroatoms. The third kappa shape index (κ3) is 6.49. The summed E-state index contributed by atoms with van der Waals surface area (Å²) in [5.74, 6) is 1.60. The summed E-state index contributed by atoms with van der Waals surface area (Å²) in [5.41, 5.74) is 11.1. The lowest BCUT2D eigenvalue weighted by Gasteiger charge is -2.14. The van der Waals surface area contributed by atoms with E-state index in [9.17, 15) is 0 Å². The fourth-order valence-corrected chi connectivity index (χ4v) is 7.84. The molecule has 276 valence electrons. The molecule has 0 N–H and O–H groups in total. The van der Waals surface area contributed by atoms with Crippen molar-refractivity contribution >= 4 is 32.6 Å². The molecule has 3 aromatic heterocycles. The van der Waals surface area contributed by atoms with Crippen molar-refractivity contribution in [2.24, 2.45) is 0 Å². The first-order chi connectivity index (χ1) is 29.2. The molecule has 0 atom stereocenters. The van der Waals surface area contributed by atoms with Crippen molar-refractivity contribution < 1.29 is 4.42 Å². The van der Waals surface area contributed by atoms with E-state index < -0.39 is 0 Å². The number of fused-ring (bicyclic) bond motifs is 3. The van der Waals surface area contributed by atoms with Gasteiger partial charge in [-0.3, -0.25) is 0 Å². The number of para-hydroxylation sites is 2. The zero-order valence-corrected chi connectivity index (χ0v) is 31.7. The zero-order valence-electron chi connectivity index (χ0n) is 31.7. The summed E-state index contributed by atoms with van der Waals surface area (Å²) in [6.07, 6.45) is 0. The van der Waals surface area contributed by atoms with Crippen molar-refractivity contribution in [1.82, 2.24) is 24.9 Å². The second-order valence-corrected chi connectivity index (χ2v) is 14.5. The fraction of sp³-hybridized carbons (Fsp3) is 0. The largest absolute Gasteiger partial charge is 0.436 e. The van der Waals surface area contributed by atoms with Gasteiger partial charge in [-0.2, -0.15) is 0 Å². The van der Waals surface area contributed by atoms with E-state index in [1.165, 1.54) is 0 Å². The lowest BCUT2D eigenvalue weighted by molar-refractivity contribution is 0.620. The predicted molar refractivity (Wildman–Crippen MR) is 238 cm³/mol. The summed E-state index contributed by atoms with van der Waals surface area (Å²) in [4.78, 5) is 26.1. The van der Waals surface area contributed by atoms with Gasteiger partial charge in [-0.05, 0) is 64.0 Å². The van der Waals surface area contributed by atoms with E-state index in [1.54, 1.807) is 0 Å². The molecule has 0 saturated carbocycles. The van der Waals surface area contributed by atoms with Crippen LogP contribution < -0.4 is 0 Å². The van der Waals surface area contributed by atoms with Crippen LogP contribution in [0.2, 0.25) is 0 Å². The highest BCUT2D eigenvalue weighted by Crippen LogP contribution is 2.37. The van der Waals surface area contributed by atoms with Crippen LogP contribution in [-0.2, 0) is 0 Å². The number of hydrogen-bond acceptors (Lipinski definition) is 6. The molecule has 0 radical (unpaired) electrons. The first-order valence-electron chi connectivity index (χ1n) is 19.6. The van der Waals surface area contributed by atoms with Crippen molar-refractivity contribution in [3.8, 4) is 79.3 Å². The number of hydrogen-bond donors (Lipinski definition) is 0. The smallest absolute Gasteiger partial charge is 0.227 e. The SMILES string of the molecule is c1ccc(-c2cc(-c3cccc4ccccc34)nc(-c3cc(-c4nc(-c5ccccc5)cc(-c5cccc6ccccc56)n4)cc(-c4nc5ccccc5o4)c3)n2)cc1. The van der Waals surface area contributed by atoms with Gasteiger partial charge < -0.3 is 4.42 Å². The molecule has 0 saturated heterocycles. The maximum absolute atomic E-state index is 6.41. The van der Waals surface area contributed by atoms with Gasteiger partial charge in [-0.1, -0.05) is 158 Å². The second-order valence-electron chi connectivity index (χ2n) is 14.5. The van der Waals surface area contributed by atoms with Gasteiger partial charge >= 0.3 is 0 Å². The van der Waals surface area contributed by atoms with Crippen molar-refractivity contribution in [2.45, 2.75) is 0 Å². The molecule has 0 spiro atoms. The van der Waals surface area contributed by atoms with Gasteiger partial charge in [0.2, 0.25) is 5.89 Å². The highest BCUT2D eigenvalue weighted by Gasteiger charge is 2.19. The standard InChI is InChI=1S/C53H33N5O/c1-3-17-36(18-4-1)46-32-48(43-25-13-21-34-15-7-9-23-41(34)43)56-51(54-46)38-29-39(31-40(30-38)53-58-45-27-11-12-28-50(45)59-53)52-55-47(37-19-5-2-6-20-37)33-49(57-52)44-26-14-22-35-16-8-10-24-42(35)44/h1-33H. The molecule has 0 aliphatic carbocycles. The van der Waals surface area contributed by atoms with Crippen molar-refractivity contribution in [3.05, 3.63) is 200 Å². The van der Waals surface area contributed by atoms with Crippen molar-refractivity contribution in [1.29, 1.82) is 0 Å². The Labute approximate surface area is 340 Å². The van der Waals surface area contributed by atoms with E-state index in [1.807, 2.05) is 60.7 Å². The Kier molecular flexibility index (Phi) is 8.37. The Morgan fingerprint density at radius 1 is 0.305 bits per heavy atom. The Hall–Kier alpha value is -8.09. The third-order valence-electron chi connectivity index (χ3n) is 10.7. The molecular formula is C53H33N5O. The molecule has 0 aliphatic heterocycles. The quantitative estimate of drug-likeness (QED) is 0.161. The van der Waals surface area contributed by atoms with Crippen LogP contribution in [0.25, 0.3) is 112 Å². The van der Waals surface area contributed by atoms with Gasteiger partial charge in [-0.25, -0.2) is 24.9 Å². The minimum atomic E-state index is 0.483. The predicted octanol–water partition coefficient (Wildman–Crippen LogP) is 13.4. The highest BCUT2D eigenvalue weighted by molar-refractivity contribution is 5.98. The first-order valence-corrected chi connectivity index (χ1v) is 19.6. The van der Waals surface area contributed by atoms with E-state index in [0.29, 0.717) is 23.1 Å². The van der Waals surface area contributed by atoms with Crippen LogP contribution >= 0.6 is 0 Å². The molecule has 0 amide bonds. The number of oxazole rings is 1. The van der Waals surface area contributed by atoms with E-state index >= 15 is 0 Å². The molecule has 11 aromatic rings. The molecule has 11 rings (SSSR count). The fourth-order valence-electron chi connectivity index (χ4n) is 7.84. The summed E-state index contributed by atoms with van der Waals surface area (Å²) in [6.45, 7) is 0. The molecule has 8 aromatic carbocycles. The van der Waals surface area contributed by atoms with Crippen molar-refractivity contribution in [2.75, 3.05) is 0 Å². The molecule has 59 heavy (non-hydrogen) atoms. The summed E-state index contributed by atoms with van der Waals surface area (Å²) in [5, 5.41) is 4.52. The Morgan fingerprint density at radius 3 is 1.29 bits per heavy atom. The number of nitrogens with zero attached hydrogens (tertiary/aromatic N) is 5. The van der Waals surface area contributed by atoms with Crippen LogP contribution in [0.15, 0.2) is 205 Å². The summed E-state index contributed by atoms with van der Waals surface area (Å²) in [6, 6.07) is 68.1. The first kappa shape index (κ1) is 34.2. The van der Waals surface area contributed by atoms with Gasteiger partial charge in [0, 0.05) is 38.9 Å². The lowest BCUT2D eigenvalue weighted by atomic mass is 9.99. The minimum absolute atomic E-state index is 0.483. The summed E-state index contributed by atoms with van der Waals surface area (Å²) >= 11 is 0. The Morgan fingerprint density at radius 2 is 0.746 bits per heavy atom. The third-order valence-corrected chi connectivity index (χ3v) is 10.7. The molecule has 3 heterocycles. The van der Waals surface area contributed by atoms with Crippen LogP contribution in [-0.4, -0.2) is 24.9 Å². The van der Waals surface area contributed by atoms with Crippen LogP contribution in [0.5, 0.6) is 0 Å². The van der Waals surface area contributed by atoms with Crippen LogP contribution in [0.4, 0.5) is 0 Å². The van der Waals surface area contributed by atoms with E-state index in [2.05, 4.69) is 140 Å². The van der Waals surface area contributed by atoms with Gasteiger partial charge in [0.05, 0.1) is 22.8 Å². The van der Waals surface area contributed by atoms with Gasteiger partial charge in [0.25, 0.3) is 0 Å². The molecule has 6 nitrogen and oxygen atoms in total. The molecule has 0 unspecified atom stereocenters. The maximum atomic E-state index is 6.41. The van der Waals surface area contributed by atoms with E-state index in [4.69, 9.17) is 29.3 Å². The second kappa shape index (κ2) is 14.4. The van der Waals surface area contributed by atoms with E-state index in [0.717, 1.165) is 88.8 Å². The van der Waals surface area contributed by atoms with Crippen LogP contribution in [0.3, 0.4) is 0 Å². The monoisotopic (exact) mass is 755 g/mol. The Bertz CT molecular complexity index is 3110. The molecule has 0 aliphatic rings. The lowest BCUT2D eigenvalue weighted by Crippen LogP contribution is -1.99. The minimum Gasteiger partial charge on any atom is -0.436 e. The van der Waals surface area contributed by atoms with Crippen LogP contribution in [0.1, 0.15) is 0 Å². The number of benzene rings is 8. The Balaban J connectivity index is 1.17. The summed E-state index contributed by atoms with van der Waals surface area (Å²) < 4.78 is 6.41. The summed E-state index contributed by atoms with van der Waals surface area (Å²) in [7, 11) is 0. The average molecular weight is 756 g/mol. The van der Waals surface area contributed by atoms with E-state index in [-0.39, 0.29) is 0 Å². The zero-order chi connectivity index (χ0) is 39.1. The number of aromatic nitrogens is 5. The van der Waals surface area contributed by atoms with Gasteiger partial charge in [0.15, 0.2) is 17.2 Å². The number of rotatable bonds is 7. The normalized spacial score (nSPS) is 11.4. The molecule has 0 fully saturated rings. The van der Waals surface area contributed by atoms with Crippen molar-refractivity contribution in [3.63, 3.8) is 0 Å². The van der Waals surface area contributed by atoms with Crippen LogP contribution in [0, 0.1) is 0 Å². The van der Waals surface area contributed by atoms with Gasteiger partial charge in [0.1, 0.15) is 5.52 Å².